The van der Waals surface area contributed by atoms with Gasteiger partial charge in [0, 0.05) is 5.56 Å². The zero-order valence-corrected chi connectivity index (χ0v) is 13.1. The first-order valence-electron chi connectivity index (χ1n) is 7.13. The Hall–Kier alpha value is -2.93. The summed E-state index contributed by atoms with van der Waals surface area (Å²) >= 11 is 0. The van der Waals surface area contributed by atoms with E-state index in [1.165, 1.54) is 14.2 Å². The smallest absolute Gasteiger partial charge is 0.242 e. The molecule has 0 saturated carbocycles. The van der Waals surface area contributed by atoms with Gasteiger partial charge in [-0.1, -0.05) is 30.3 Å². The Bertz CT molecular complexity index is 801. The Morgan fingerprint density at radius 2 is 1.67 bits per heavy atom. The van der Waals surface area contributed by atoms with Gasteiger partial charge in [-0.25, -0.2) is 0 Å². The van der Waals surface area contributed by atoms with Gasteiger partial charge < -0.3 is 29.5 Å². The number of phenols is 2. The van der Waals surface area contributed by atoms with Crippen molar-refractivity contribution in [2.75, 3.05) is 14.2 Å². The van der Waals surface area contributed by atoms with Crippen LogP contribution in [0.4, 0.5) is 0 Å². The summed E-state index contributed by atoms with van der Waals surface area (Å²) in [6.45, 7) is 0. The van der Waals surface area contributed by atoms with E-state index >= 15 is 0 Å². The highest BCUT2D eigenvalue weighted by Gasteiger charge is 2.45. The Balaban J connectivity index is 2.24. The molecule has 1 aliphatic heterocycles. The molecule has 0 spiro atoms. The highest BCUT2D eigenvalue weighted by atomic mass is 16.6. The molecule has 7 nitrogen and oxygen atoms in total. The Morgan fingerprint density at radius 3 is 2.25 bits per heavy atom. The maximum atomic E-state index is 12.5. The van der Waals surface area contributed by atoms with Crippen LogP contribution in [0.15, 0.2) is 30.3 Å². The molecular formula is C17H16O7. The topological polar surface area (TPSA) is 105 Å². The minimum atomic E-state index is -1.92. The molecule has 126 valence electrons. The van der Waals surface area contributed by atoms with E-state index in [0.29, 0.717) is 5.56 Å². The minimum Gasteiger partial charge on any atom is -0.504 e. The number of carbonyl (C=O) groups excluding carboxylic acids is 1. The van der Waals surface area contributed by atoms with Crippen LogP contribution < -0.4 is 14.2 Å². The number of rotatable bonds is 3. The van der Waals surface area contributed by atoms with Crippen LogP contribution in [0.3, 0.4) is 0 Å². The second-order valence-corrected chi connectivity index (χ2v) is 5.32. The SMILES string of the molecule is COc1c(O)c(O)c2c(c1OC)OC(O)(c1ccccc1)CC2=O. The monoisotopic (exact) mass is 332 g/mol. The third kappa shape index (κ3) is 2.21. The third-order valence-corrected chi connectivity index (χ3v) is 3.90. The minimum absolute atomic E-state index is 0.0924. The van der Waals surface area contributed by atoms with Crippen molar-refractivity contribution >= 4 is 5.78 Å². The number of aromatic hydroxyl groups is 2. The summed E-state index contributed by atoms with van der Waals surface area (Å²) in [7, 11) is 2.55. The molecule has 0 saturated heterocycles. The third-order valence-electron chi connectivity index (χ3n) is 3.90. The summed E-state index contributed by atoms with van der Waals surface area (Å²) in [6, 6.07) is 8.38. The lowest BCUT2D eigenvalue weighted by atomic mass is 9.92. The van der Waals surface area contributed by atoms with Crippen molar-refractivity contribution in [2.45, 2.75) is 12.2 Å². The molecule has 1 atom stereocenters. The van der Waals surface area contributed by atoms with E-state index in [1.54, 1.807) is 30.3 Å². The fourth-order valence-corrected chi connectivity index (χ4v) is 2.76. The first-order chi connectivity index (χ1) is 11.4. The number of Topliss-reactive ketones (excluding diaryl/α,β-unsaturated/α-hetero) is 1. The van der Waals surface area contributed by atoms with Crippen molar-refractivity contribution in [3.63, 3.8) is 0 Å². The molecule has 0 fully saturated rings. The van der Waals surface area contributed by atoms with Crippen molar-refractivity contribution in [2.24, 2.45) is 0 Å². The molecule has 24 heavy (non-hydrogen) atoms. The number of hydrogen-bond acceptors (Lipinski definition) is 7. The van der Waals surface area contributed by atoms with Gasteiger partial charge in [0.2, 0.25) is 23.0 Å². The summed E-state index contributed by atoms with van der Waals surface area (Å²) in [5.41, 5.74) is 0.114. The summed E-state index contributed by atoms with van der Waals surface area (Å²) in [4.78, 5) is 12.5. The lowest BCUT2D eigenvalue weighted by Crippen LogP contribution is -2.39. The number of benzene rings is 2. The quantitative estimate of drug-likeness (QED) is 0.737. The number of aliphatic hydroxyl groups is 1. The fourth-order valence-electron chi connectivity index (χ4n) is 2.76. The van der Waals surface area contributed by atoms with Crippen LogP contribution in [0, 0.1) is 0 Å². The van der Waals surface area contributed by atoms with Crippen molar-refractivity contribution in [1.29, 1.82) is 0 Å². The van der Waals surface area contributed by atoms with Crippen molar-refractivity contribution in [1.82, 2.24) is 0 Å². The molecule has 0 amide bonds. The van der Waals surface area contributed by atoms with Gasteiger partial charge in [0.25, 0.3) is 0 Å². The number of ether oxygens (including phenoxy) is 3. The van der Waals surface area contributed by atoms with Crippen LogP contribution in [0.1, 0.15) is 22.3 Å². The fraction of sp³-hybridized carbons (Fsp3) is 0.235. The molecule has 7 heteroatoms. The van der Waals surface area contributed by atoms with Gasteiger partial charge in [0.05, 0.1) is 20.6 Å². The number of ketones is 1. The van der Waals surface area contributed by atoms with E-state index in [4.69, 9.17) is 14.2 Å². The highest BCUT2D eigenvalue weighted by Crippen LogP contribution is 2.56. The van der Waals surface area contributed by atoms with E-state index in [1.807, 2.05) is 0 Å². The maximum absolute atomic E-state index is 12.5. The van der Waals surface area contributed by atoms with E-state index in [-0.39, 0.29) is 22.8 Å². The highest BCUT2D eigenvalue weighted by molar-refractivity contribution is 6.05. The average Bonchev–Trinajstić information content (AvgIpc) is 2.58. The van der Waals surface area contributed by atoms with Crippen LogP contribution in [0.2, 0.25) is 0 Å². The molecule has 0 bridgehead atoms. The van der Waals surface area contributed by atoms with E-state index in [9.17, 15) is 20.1 Å². The standard InChI is InChI=1S/C17H16O7/c1-22-15-13(20)12(19)11-10(18)8-17(21,9-6-4-3-5-7-9)24-14(11)16(15)23-2/h3-7,19-21H,8H2,1-2H3. The molecule has 1 unspecified atom stereocenters. The second kappa shape index (κ2) is 5.61. The van der Waals surface area contributed by atoms with Crippen LogP contribution in [0.25, 0.3) is 0 Å². The zero-order chi connectivity index (χ0) is 17.5. The van der Waals surface area contributed by atoms with Crippen LogP contribution in [0.5, 0.6) is 28.7 Å². The number of carbonyl (C=O) groups is 1. The summed E-state index contributed by atoms with van der Waals surface area (Å²) in [5, 5.41) is 30.9. The second-order valence-electron chi connectivity index (χ2n) is 5.32. The van der Waals surface area contributed by atoms with Crippen LogP contribution in [-0.4, -0.2) is 35.3 Å². The normalized spacial score (nSPS) is 19.4. The van der Waals surface area contributed by atoms with Crippen LogP contribution >= 0.6 is 0 Å². The first kappa shape index (κ1) is 15.9. The lowest BCUT2D eigenvalue weighted by molar-refractivity contribution is -0.148. The van der Waals surface area contributed by atoms with Crippen LogP contribution in [-0.2, 0) is 5.79 Å². The maximum Gasteiger partial charge on any atom is 0.242 e. The largest absolute Gasteiger partial charge is 0.504 e. The van der Waals surface area contributed by atoms with Gasteiger partial charge in [0.1, 0.15) is 5.56 Å². The van der Waals surface area contributed by atoms with Crippen molar-refractivity contribution in [3.05, 3.63) is 41.5 Å². The van der Waals surface area contributed by atoms with Gasteiger partial charge >= 0.3 is 0 Å². The van der Waals surface area contributed by atoms with E-state index in [2.05, 4.69) is 0 Å². The molecule has 0 radical (unpaired) electrons. The molecule has 0 aromatic heterocycles. The first-order valence-corrected chi connectivity index (χ1v) is 7.13. The predicted octanol–water partition coefficient (Wildman–Crippen LogP) is 1.93. The molecule has 1 aliphatic rings. The van der Waals surface area contributed by atoms with Gasteiger partial charge in [0.15, 0.2) is 17.3 Å². The number of fused-ring (bicyclic) bond motifs is 1. The number of hydrogen-bond donors (Lipinski definition) is 3. The lowest BCUT2D eigenvalue weighted by Gasteiger charge is -2.34. The summed E-state index contributed by atoms with van der Waals surface area (Å²) < 4.78 is 15.8. The van der Waals surface area contributed by atoms with Gasteiger partial charge in [-0.3, -0.25) is 4.79 Å². The van der Waals surface area contributed by atoms with Crippen molar-refractivity contribution < 1.29 is 34.3 Å². The molecule has 3 rings (SSSR count). The Morgan fingerprint density at radius 1 is 1.04 bits per heavy atom. The number of phenolic OH excluding ortho intramolecular Hbond substituents is 2. The Labute approximate surface area is 137 Å². The predicted molar refractivity (Wildman–Crippen MR) is 82.8 cm³/mol. The molecule has 0 aliphatic carbocycles. The van der Waals surface area contributed by atoms with Gasteiger partial charge in [-0.15, -0.1) is 0 Å². The van der Waals surface area contributed by atoms with Crippen molar-refractivity contribution in [3.8, 4) is 28.7 Å². The molecule has 2 aromatic carbocycles. The molecule has 3 N–H and O–H groups in total. The number of methoxy groups -OCH3 is 2. The zero-order valence-electron chi connectivity index (χ0n) is 13.1. The Kier molecular flexibility index (Phi) is 3.73. The average molecular weight is 332 g/mol. The van der Waals surface area contributed by atoms with E-state index in [0.717, 1.165) is 0 Å². The summed E-state index contributed by atoms with van der Waals surface area (Å²) in [6.07, 6.45) is -0.424. The van der Waals surface area contributed by atoms with Gasteiger partial charge in [-0.2, -0.15) is 0 Å². The summed E-state index contributed by atoms with van der Waals surface area (Å²) in [5.74, 6) is -4.31. The molecule has 1 heterocycles. The van der Waals surface area contributed by atoms with Gasteiger partial charge in [-0.05, 0) is 0 Å². The molecule has 2 aromatic rings. The molecular weight excluding hydrogens is 316 g/mol. The van der Waals surface area contributed by atoms with E-state index < -0.39 is 29.5 Å².